The predicted octanol–water partition coefficient (Wildman–Crippen LogP) is 2.07. The number of amides is 2. The Kier molecular flexibility index (Phi) is 3.64. The summed E-state index contributed by atoms with van der Waals surface area (Å²) < 4.78 is 51.8. The van der Waals surface area contributed by atoms with E-state index in [1.807, 2.05) is 0 Å². The first-order valence-corrected chi connectivity index (χ1v) is 9.64. The normalized spacial score (nSPS) is 29.5. The Morgan fingerprint density at radius 2 is 2.10 bits per heavy atom. The van der Waals surface area contributed by atoms with Crippen LogP contribution in [0.4, 0.5) is 5.69 Å². The van der Waals surface area contributed by atoms with Crippen LogP contribution in [0.2, 0.25) is 5.02 Å². The number of hydrogen-bond donors (Lipinski definition) is 2. The molecule has 30 heavy (non-hydrogen) atoms. The van der Waals surface area contributed by atoms with E-state index in [0.717, 1.165) is 0 Å². The van der Waals surface area contributed by atoms with Gasteiger partial charge in [-0.2, -0.15) is 0 Å². The lowest BCUT2D eigenvalue weighted by molar-refractivity contribution is -0.138. The van der Waals surface area contributed by atoms with Crippen LogP contribution in [0.15, 0.2) is 42.5 Å². The Hall–Kier alpha value is -2.61. The van der Waals surface area contributed by atoms with E-state index >= 15 is 0 Å². The summed E-state index contributed by atoms with van der Waals surface area (Å²) in [4.78, 5) is 28.7. The van der Waals surface area contributed by atoms with Crippen molar-refractivity contribution in [3.05, 3.63) is 58.6 Å². The van der Waals surface area contributed by atoms with E-state index in [1.54, 1.807) is 42.5 Å². The smallest absolute Gasteiger partial charge is 0.254 e. The van der Waals surface area contributed by atoms with Gasteiger partial charge in [0.15, 0.2) is 5.54 Å². The van der Waals surface area contributed by atoms with Gasteiger partial charge < -0.3 is 20.1 Å². The molecule has 0 aromatic heterocycles. The topological polar surface area (TPSA) is 82.1 Å². The number of likely N-dealkylation sites (N-methyl/N-ethyl adjacent to an activating group) is 1. The van der Waals surface area contributed by atoms with Gasteiger partial charge in [-0.3, -0.25) is 14.5 Å². The molecule has 2 N–H and O–H groups in total. The van der Waals surface area contributed by atoms with Crippen LogP contribution in [0, 0.1) is 0 Å². The van der Waals surface area contributed by atoms with Gasteiger partial charge in [-0.25, -0.2) is 0 Å². The van der Waals surface area contributed by atoms with Crippen LogP contribution in [0.25, 0.3) is 0 Å². The summed E-state index contributed by atoms with van der Waals surface area (Å²) in [6.45, 7) is -6.82. The van der Waals surface area contributed by atoms with Crippen molar-refractivity contribution in [3.63, 3.8) is 0 Å². The number of ether oxygens (including phenoxy) is 1. The second-order valence-electron chi connectivity index (χ2n) is 7.29. The minimum Gasteiger partial charge on any atom is -0.496 e. The van der Waals surface area contributed by atoms with E-state index in [-0.39, 0.29) is 23.6 Å². The minimum atomic E-state index is -3.29. The fourth-order valence-corrected chi connectivity index (χ4v) is 4.65. The number of carbonyl (C=O) groups excluding carboxylic acids is 2. The van der Waals surface area contributed by atoms with Crippen LogP contribution in [-0.4, -0.2) is 66.5 Å². The Morgan fingerprint density at radius 3 is 2.83 bits per heavy atom. The molecule has 2 aromatic rings. The molecule has 0 unspecified atom stereocenters. The summed E-state index contributed by atoms with van der Waals surface area (Å²) in [5.74, 6) is -1.56. The number of methoxy groups -OCH3 is 1. The van der Waals surface area contributed by atoms with Crippen LogP contribution in [0.5, 0.6) is 5.75 Å². The molecular formula is C22H24ClN3O4. The van der Waals surface area contributed by atoms with Gasteiger partial charge in [0.2, 0.25) is 5.91 Å². The zero-order chi connectivity index (χ0) is 26.6. The fourth-order valence-electron chi connectivity index (χ4n) is 4.48. The van der Waals surface area contributed by atoms with Gasteiger partial charge in [0.1, 0.15) is 5.75 Å². The molecule has 1 fully saturated rings. The maximum absolute atomic E-state index is 13.9. The first-order valence-electron chi connectivity index (χ1n) is 12.3. The van der Waals surface area contributed by atoms with Crippen molar-refractivity contribution < 1.29 is 27.7 Å². The van der Waals surface area contributed by atoms with Gasteiger partial charge in [0, 0.05) is 50.6 Å². The Labute approximate surface area is 188 Å². The average Bonchev–Trinajstić information content (AvgIpc) is 3.29. The highest BCUT2D eigenvalue weighted by atomic mass is 35.5. The van der Waals surface area contributed by atoms with Crippen LogP contribution < -0.4 is 10.1 Å². The Morgan fingerprint density at radius 1 is 1.33 bits per heavy atom. The molecule has 0 spiro atoms. The van der Waals surface area contributed by atoms with E-state index < -0.39 is 43.5 Å². The molecule has 2 heterocycles. The molecule has 4 rings (SSSR count). The highest BCUT2D eigenvalue weighted by molar-refractivity contribution is 6.31. The number of nitrogens with one attached hydrogen (secondary N) is 1. The molecule has 2 aromatic carbocycles. The van der Waals surface area contributed by atoms with E-state index in [1.165, 1.54) is 12.0 Å². The number of para-hydroxylation sites is 1. The standard InChI is InChI=1S/C22H24ClN3O4/c1-25(2)20(28)18-11-14(27)12-26(18)22(15-6-4-5-7-19(15)30-3)16-10-13(23)8-9-17(16)24-21(22)29/h4-10,14,18,27H,11-12H2,1-3H3,(H,24,29)/t14-,18+,22+/m1/s1/i1D3,2D3. The number of anilines is 1. The molecule has 0 saturated carbocycles. The zero-order valence-corrected chi connectivity index (χ0v) is 16.8. The number of aliphatic hydroxyl groups is 1. The zero-order valence-electron chi connectivity index (χ0n) is 22.1. The van der Waals surface area contributed by atoms with E-state index in [4.69, 9.17) is 24.6 Å². The number of benzene rings is 2. The number of rotatable bonds is 4. The number of hydrogen-bond acceptors (Lipinski definition) is 5. The van der Waals surface area contributed by atoms with Gasteiger partial charge in [-0.05, 0) is 30.7 Å². The van der Waals surface area contributed by atoms with Gasteiger partial charge in [-0.15, -0.1) is 0 Å². The third-order valence-electron chi connectivity index (χ3n) is 5.66. The second kappa shape index (κ2) is 7.58. The third kappa shape index (κ3) is 2.96. The van der Waals surface area contributed by atoms with Gasteiger partial charge >= 0.3 is 0 Å². The van der Waals surface area contributed by atoms with Gasteiger partial charge in [-0.1, -0.05) is 29.8 Å². The molecule has 2 aliphatic rings. The van der Waals surface area contributed by atoms with Crippen molar-refractivity contribution in [2.24, 2.45) is 0 Å². The third-order valence-corrected chi connectivity index (χ3v) is 5.90. The molecule has 158 valence electrons. The number of halogens is 1. The molecule has 7 nitrogen and oxygen atoms in total. The average molecular weight is 436 g/mol. The van der Waals surface area contributed by atoms with Crippen molar-refractivity contribution in [1.82, 2.24) is 9.80 Å². The van der Waals surface area contributed by atoms with E-state index in [2.05, 4.69) is 5.32 Å². The number of carbonyl (C=O) groups is 2. The monoisotopic (exact) mass is 435 g/mol. The molecule has 2 aliphatic heterocycles. The minimum absolute atomic E-state index is 0.141. The summed E-state index contributed by atoms with van der Waals surface area (Å²) in [6.07, 6.45) is -1.45. The molecule has 2 amide bonds. The summed E-state index contributed by atoms with van der Waals surface area (Å²) in [6, 6.07) is 9.82. The van der Waals surface area contributed by atoms with Crippen LogP contribution in [-0.2, 0) is 15.1 Å². The second-order valence-corrected chi connectivity index (χ2v) is 7.72. The SMILES string of the molecule is [2H]C([2H])([2H])N(C(=O)[C@@H]1C[C@@H](O)CN1[C@]1(c2ccccc2OC)C(=O)Nc2ccc(Cl)cc21)C([2H])([2H])[2H]. The maximum Gasteiger partial charge on any atom is 0.254 e. The van der Waals surface area contributed by atoms with Crippen molar-refractivity contribution in [3.8, 4) is 5.75 Å². The highest BCUT2D eigenvalue weighted by Crippen LogP contribution is 2.51. The van der Waals surface area contributed by atoms with Crippen molar-refractivity contribution in [2.75, 3.05) is 32.9 Å². The number of aliphatic hydroxyl groups excluding tert-OH is 1. The molecule has 3 atom stereocenters. The van der Waals surface area contributed by atoms with Crippen LogP contribution >= 0.6 is 11.6 Å². The summed E-state index contributed by atoms with van der Waals surface area (Å²) in [7, 11) is 1.41. The number of likely N-dealkylation sites (tertiary alicyclic amines) is 1. The lowest BCUT2D eigenvalue weighted by Crippen LogP contribution is -2.57. The first-order chi connectivity index (χ1) is 16.7. The molecule has 0 bridgehead atoms. The van der Waals surface area contributed by atoms with Gasteiger partial charge in [0.05, 0.1) is 19.3 Å². The summed E-state index contributed by atoms with van der Waals surface area (Å²) in [5.41, 5.74) is -0.732. The molecule has 1 saturated heterocycles. The molecule has 0 radical (unpaired) electrons. The summed E-state index contributed by atoms with van der Waals surface area (Å²) >= 11 is 6.30. The highest BCUT2D eigenvalue weighted by Gasteiger charge is 2.59. The fraction of sp³-hybridized carbons (Fsp3) is 0.364. The molecule has 0 aliphatic carbocycles. The first kappa shape index (κ1) is 14.4. The van der Waals surface area contributed by atoms with Crippen molar-refractivity contribution in [1.29, 1.82) is 0 Å². The maximum atomic E-state index is 13.9. The molecule has 8 heteroatoms. The van der Waals surface area contributed by atoms with Crippen molar-refractivity contribution >= 4 is 29.1 Å². The van der Waals surface area contributed by atoms with Gasteiger partial charge in [0.25, 0.3) is 5.91 Å². The summed E-state index contributed by atoms with van der Waals surface area (Å²) in [5, 5.41) is 13.7. The van der Waals surface area contributed by atoms with Crippen molar-refractivity contribution in [2.45, 2.75) is 24.1 Å². The van der Waals surface area contributed by atoms with Crippen LogP contribution in [0.1, 0.15) is 25.8 Å². The largest absolute Gasteiger partial charge is 0.496 e. The number of β-amino-alcohol motifs (C(OH)–C–C–N with tert-alkyl or cyclic N) is 1. The van der Waals surface area contributed by atoms with E-state index in [0.29, 0.717) is 21.8 Å². The lowest BCUT2D eigenvalue weighted by Gasteiger charge is -2.41. The Bertz CT molecular complexity index is 1190. The predicted molar refractivity (Wildman–Crippen MR) is 114 cm³/mol. The number of nitrogens with zero attached hydrogens (tertiary/aromatic N) is 2. The quantitative estimate of drug-likeness (QED) is 0.768. The van der Waals surface area contributed by atoms with Crippen LogP contribution in [0.3, 0.4) is 0 Å². The lowest BCUT2D eigenvalue weighted by atomic mass is 9.80. The molecular weight excluding hydrogens is 406 g/mol. The Balaban J connectivity index is 1.99. The number of fused-ring (bicyclic) bond motifs is 1. The van der Waals surface area contributed by atoms with E-state index in [9.17, 15) is 14.7 Å².